The highest BCUT2D eigenvalue weighted by atomic mass is 16.5. The molecule has 7 nitrogen and oxygen atoms in total. The number of anilines is 1. The van der Waals surface area contributed by atoms with E-state index in [1.165, 1.54) is 0 Å². The maximum atomic E-state index is 5.72. The summed E-state index contributed by atoms with van der Waals surface area (Å²) >= 11 is 0. The second kappa shape index (κ2) is 6.52. The molecule has 3 heterocycles. The quantitative estimate of drug-likeness (QED) is 0.912. The smallest absolute Gasteiger partial charge is 0.257 e. The average molecular weight is 316 g/mol. The second-order valence-corrected chi connectivity index (χ2v) is 6.48. The highest BCUT2D eigenvalue weighted by Gasteiger charge is 2.23. The van der Waals surface area contributed by atoms with Crippen LogP contribution in [-0.2, 0) is 13.0 Å². The van der Waals surface area contributed by atoms with E-state index in [1.807, 2.05) is 18.5 Å². The fourth-order valence-corrected chi connectivity index (χ4v) is 2.62. The van der Waals surface area contributed by atoms with Crippen molar-refractivity contribution in [2.45, 2.75) is 65.1 Å². The summed E-state index contributed by atoms with van der Waals surface area (Å²) in [6, 6.07) is 0.246. The Kier molecular flexibility index (Phi) is 4.45. The topological polar surface area (TPSA) is 77.8 Å². The van der Waals surface area contributed by atoms with E-state index < -0.39 is 0 Å². The maximum absolute atomic E-state index is 5.72. The number of ether oxygens (including phenoxy) is 1. The number of hydrogen-bond donors (Lipinski definition) is 1. The minimum Gasteiger partial charge on any atom is -0.472 e. The zero-order valence-corrected chi connectivity index (χ0v) is 14.2. The van der Waals surface area contributed by atoms with Crippen molar-refractivity contribution in [3.8, 4) is 5.88 Å². The largest absolute Gasteiger partial charge is 0.472 e. The number of nitrogens with zero attached hydrogens (tertiary/aromatic N) is 5. The molecule has 0 bridgehead atoms. The lowest BCUT2D eigenvalue weighted by molar-refractivity contribution is 0.232. The summed E-state index contributed by atoms with van der Waals surface area (Å²) in [6.07, 6.45) is 5.30. The van der Waals surface area contributed by atoms with Crippen molar-refractivity contribution in [3.05, 3.63) is 24.0 Å². The number of rotatable bonds is 5. The maximum Gasteiger partial charge on any atom is 0.257 e. The van der Waals surface area contributed by atoms with E-state index in [0.29, 0.717) is 17.6 Å². The summed E-state index contributed by atoms with van der Waals surface area (Å²) in [6.45, 7) is 8.98. The van der Waals surface area contributed by atoms with E-state index in [4.69, 9.17) is 4.74 Å². The first-order valence-corrected chi connectivity index (χ1v) is 8.20. The zero-order chi connectivity index (χ0) is 16.4. The lowest BCUT2D eigenvalue weighted by atomic mass is 10.1. The fraction of sp³-hybridized carbons (Fsp3) is 0.625. The Balaban J connectivity index is 1.72. The molecular formula is C16H24N6O. The summed E-state index contributed by atoms with van der Waals surface area (Å²) in [5.74, 6) is 3.59. The zero-order valence-electron chi connectivity index (χ0n) is 14.2. The van der Waals surface area contributed by atoms with Crippen LogP contribution in [0.3, 0.4) is 0 Å². The van der Waals surface area contributed by atoms with Crippen molar-refractivity contribution in [3.63, 3.8) is 0 Å². The van der Waals surface area contributed by atoms with Crippen molar-refractivity contribution < 1.29 is 4.74 Å². The molecule has 3 rings (SSSR count). The van der Waals surface area contributed by atoms with E-state index in [2.05, 4.69) is 39.2 Å². The van der Waals surface area contributed by atoms with Gasteiger partial charge in [-0.3, -0.25) is 0 Å². The van der Waals surface area contributed by atoms with Crippen molar-refractivity contribution in [1.29, 1.82) is 0 Å². The molecule has 1 atom stereocenters. The van der Waals surface area contributed by atoms with Crippen LogP contribution in [0.5, 0.6) is 5.88 Å². The van der Waals surface area contributed by atoms with Gasteiger partial charge in [-0.05, 0) is 20.3 Å². The van der Waals surface area contributed by atoms with Crippen LogP contribution in [-0.4, -0.2) is 36.9 Å². The number of aryl methyl sites for hydroxylation is 1. The summed E-state index contributed by atoms with van der Waals surface area (Å²) in [5, 5.41) is 8.06. The third kappa shape index (κ3) is 3.60. The van der Waals surface area contributed by atoms with Crippen LogP contribution < -0.4 is 10.1 Å². The number of nitrogens with one attached hydrogen (secondary N) is 1. The monoisotopic (exact) mass is 316 g/mol. The summed E-state index contributed by atoms with van der Waals surface area (Å²) in [7, 11) is 0. The third-order valence-electron chi connectivity index (χ3n) is 3.74. The molecule has 0 fully saturated rings. The molecule has 0 aliphatic carbocycles. The van der Waals surface area contributed by atoms with Crippen LogP contribution >= 0.6 is 0 Å². The standard InChI is InChI=1S/C16H24N6O/c1-10(2)14-20-13-6-5-12(9-22(13)21-14)19-15-16(23-11(3)4)18-8-7-17-15/h7-8,10-12H,5-6,9H2,1-4H3,(H,17,19). The van der Waals surface area contributed by atoms with Gasteiger partial charge >= 0.3 is 0 Å². The molecule has 124 valence electrons. The van der Waals surface area contributed by atoms with Gasteiger partial charge < -0.3 is 10.1 Å². The van der Waals surface area contributed by atoms with Gasteiger partial charge in [-0.25, -0.2) is 19.6 Å². The highest BCUT2D eigenvalue weighted by Crippen LogP contribution is 2.23. The Labute approximate surface area is 136 Å². The van der Waals surface area contributed by atoms with Gasteiger partial charge in [-0.1, -0.05) is 13.8 Å². The predicted octanol–water partition coefficient (Wildman–Crippen LogP) is 2.41. The van der Waals surface area contributed by atoms with Crippen molar-refractivity contribution >= 4 is 5.82 Å². The first-order chi connectivity index (χ1) is 11.0. The molecule has 0 aromatic carbocycles. The van der Waals surface area contributed by atoms with Gasteiger partial charge in [0.15, 0.2) is 11.6 Å². The Bertz CT molecular complexity index is 666. The SMILES string of the molecule is CC(C)Oc1nccnc1NC1CCc2nc(C(C)C)nn2C1. The lowest BCUT2D eigenvalue weighted by Gasteiger charge is -2.24. The summed E-state index contributed by atoms with van der Waals surface area (Å²) < 4.78 is 7.73. The van der Waals surface area contributed by atoms with Gasteiger partial charge in [-0.2, -0.15) is 5.10 Å². The normalized spacial score (nSPS) is 17.4. The Hall–Kier alpha value is -2.18. The molecule has 1 N–H and O–H groups in total. The number of fused-ring (bicyclic) bond motifs is 1. The van der Waals surface area contributed by atoms with Crippen molar-refractivity contribution in [2.75, 3.05) is 5.32 Å². The van der Waals surface area contributed by atoms with Crippen LogP contribution in [0.4, 0.5) is 5.82 Å². The van der Waals surface area contributed by atoms with Gasteiger partial charge in [0.1, 0.15) is 5.82 Å². The number of hydrogen-bond acceptors (Lipinski definition) is 6. The van der Waals surface area contributed by atoms with Crippen LogP contribution in [0.2, 0.25) is 0 Å². The average Bonchev–Trinajstić information content (AvgIpc) is 2.92. The molecule has 0 saturated heterocycles. The van der Waals surface area contributed by atoms with E-state index in [1.54, 1.807) is 12.4 Å². The minimum atomic E-state index is 0.0640. The molecule has 1 aliphatic heterocycles. The predicted molar refractivity (Wildman–Crippen MR) is 87.6 cm³/mol. The van der Waals surface area contributed by atoms with E-state index in [9.17, 15) is 0 Å². The molecule has 1 unspecified atom stereocenters. The molecule has 2 aromatic heterocycles. The van der Waals surface area contributed by atoms with Crippen LogP contribution in [0, 0.1) is 0 Å². The van der Waals surface area contributed by atoms with E-state index >= 15 is 0 Å². The molecule has 0 radical (unpaired) electrons. The van der Waals surface area contributed by atoms with E-state index in [-0.39, 0.29) is 12.1 Å². The third-order valence-corrected chi connectivity index (χ3v) is 3.74. The molecule has 7 heteroatoms. The van der Waals surface area contributed by atoms with Gasteiger partial charge in [-0.15, -0.1) is 0 Å². The van der Waals surface area contributed by atoms with Gasteiger partial charge in [0, 0.05) is 30.8 Å². The molecule has 0 saturated carbocycles. The molecule has 2 aromatic rings. The van der Waals surface area contributed by atoms with Gasteiger partial charge in [0.05, 0.1) is 12.6 Å². The highest BCUT2D eigenvalue weighted by molar-refractivity contribution is 5.45. The summed E-state index contributed by atoms with van der Waals surface area (Å²) in [5.41, 5.74) is 0. The Morgan fingerprint density at radius 3 is 2.74 bits per heavy atom. The minimum absolute atomic E-state index is 0.0640. The molecule has 0 spiro atoms. The Morgan fingerprint density at radius 1 is 1.22 bits per heavy atom. The van der Waals surface area contributed by atoms with E-state index in [0.717, 1.165) is 31.0 Å². The lowest BCUT2D eigenvalue weighted by Crippen LogP contribution is -2.32. The van der Waals surface area contributed by atoms with Gasteiger partial charge in [0.25, 0.3) is 5.88 Å². The van der Waals surface area contributed by atoms with Crippen molar-refractivity contribution in [2.24, 2.45) is 0 Å². The number of aromatic nitrogens is 5. The van der Waals surface area contributed by atoms with Crippen molar-refractivity contribution in [1.82, 2.24) is 24.7 Å². The second-order valence-electron chi connectivity index (χ2n) is 6.48. The van der Waals surface area contributed by atoms with Gasteiger partial charge in [0.2, 0.25) is 0 Å². The first kappa shape index (κ1) is 15.7. The van der Waals surface area contributed by atoms with Crippen LogP contribution in [0.15, 0.2) is 12.4 Å². The molecule has 1 aliphatic rings. The molecule has 0 amide bonds. The van der Waals surface area contributed by atoms with Crippen LogP contribution in [0.1, 0.15) is 51.7 Å². The fourth-order valence-electron chi connectivity index (χ4n) is 2.62. The Morgan fingerprint density at radius 2 is 2.00 bits per heavy atom. The first-order valence-electron chi connectivity index (χ1n) is 8.20. The molecule has 23 heavy (non-hydrogen) atoms. The van der Waals surface area contributed by atoms with Crippen LogP contribution in [0.25, 0.3) is 0 Å². The molecular weight excluding hydrogens is 292 g/mol. The summed E-state index contributed by atoms with van der Waals surface area (Å²) in [4.78, 5) is 13.3.